The fourth-order valence-corrected chi connectivity index (χ4v) is 2.62. The Hall–Kier alpha value is -2.09. The molecule has 8 heteroatoms. The van der Waals surface area contributed by atoms with E-state index in [0.717, 1.165) is 0 Å². The van der Waals surface area contributed by atoms with E-state index in [1.807, 2.05) is 0 Å². The minimum Gasteiger partial charge on any atom is -0.493 e. The first-order valence-corrected chi connectivity index (χ1v) is 8.03. The van der Waals surface area contributed by atoms with Gasteiger partial charge in [-0.1, -0.05) is 12.1 Å². The number of primary amides is 1. The second-order valence-corrected chi connectivity index (χ2v) is 6.74. The minimum absolute atomic E-state index is 0.0718. The summed E-state index contributed by atoms with van der Waals surface area (Å²) in [5.41, 5.74) is 5.46. The van der Waals surface area contributed by atoms with E-state index >= 15 is 0 Å². The lowest BCUT2D eigenvalue weighted by atomic mass is 10.1. The lowest BCUT2D eigenvalue weighted by molar-refractivity contribution is -0.136. The normalized spacial score (nSPS) is 11.0. The fourth-order valence-electron chi connectivity index (χ4n) is 1.56. The minimum atomic E-state index is -3.40. The maximum absolute atomic E-state index is 11.6. The molecule has 1 amide bonds. The first-order valence-electron chi connectivity index (χ1n) is 6.21. The Morgan fingerprint density at radius 2 is 1.95 bits per heavy atom. The van der Waals surface area contributed by atoms with Crippen LogP contribution in [0, 0.1) is 0 Å². The van der Waals surface area contributed by atoms with Crippen molar-refractivity contribution >= 4 is 21.7 Å². The zero-order valence-electron chi connectivity index (χ0n) is 11.3. The monoisotopic (exact) mass is 315 g/mol. The highest BCUT2D eigenvalue weighted by Crippen LogP contribution is 2.14. The van der Waals surface area contributed by atoms with E-state index in [4.69, 9.17) is 15.6 Å². The number of hydrogen-bond donors (Lipinski definition) is 2. The van der Waals surface area contributed by atoms with Crippen LogP contribution in [-0.2, 0) is 25.8 Å². The number of aliphatic carboxylic acids is 1. The van der Waals surface area contributed by atoms with Crippen molar-refractivity contribution in [2.24, 2.45) is 5.73 Å². The van der Waals surface area contributed by atoms with Crippen LogP contribution in [0.2, 0.25) is 0 Å². The summed E-state index contributed by atoms with van der Waals surface area (Å²) in [6, 6.07) is 6.44. The second kappa shape index (κ2) is 7.63. The van der Waals surface area contributed by atoms with Crippen molar-refractivity contribution in [1.82, 2.24) is 0 Å². The quantitative estimate of drug-likeness (QED) is 0.660. The molecule has 0 aliphatic carbocycles. The van der Waals surface area contributed by atoms with Gasteiger partial charge in [0.25, 0.3) is 0 Å². The van der Waals surface area contributed by atoms with E-state index in [9.17, 15) is 18.0 Å². The highest BCUT2D eigenvalue weighted by atomic mass is 32.2. The van der Waals surface area contributed by atoms with Crippen molar-refractivity contribution in [2.75, 3.05) is 18.1 Å². The van der Waals surface area contributed by atoms with E-state index < -0.39 is 21.7 Å². The van der Waals surface area contributed by atoms with E-state index in [1.165, 1.54) is 0 Å². The van der Waals surface area contributed by atoms with Crippen LogP contribution >= 0.6 is 0 Å². The number of amides is 1. The van der Waals surface area contributed by atoms with Gasteiger partial charge in [-0.15, -0.1) is 0 Å². The molecule has 0 spiro atoms. The third-order valence-corrected chi connectivity index (χ3v) is 4.19. The Morgan fingerprint density at radius 3 is 2.57 bits per heavy atom. The molecule has 21 heavy (non-hydrogen) atoms. The number of nitrogens with two attached hydrogens (primary N) is 1. The van der Waals surface area contributed by atoms with Gasteiger partial charge < -0.3 is 15.6 Å². The number of carboxylic acid groups (broad SMARTS) is 1. The van der Waals surface area contributed by atoms with Crippen LogP contribution in [0.3, 0.4) is 0 Å². The number of hydrogen-bond acceptors (Lipinski definition) is 5. The highest BCUT2D eigenvalue weighted by Gasteiger charge is 2.12. The van der Waals surface area contributed by atoms with Crippen LogP contribution in [0.25, 0.3) is 0 Å². The van der Waals surface area contributed by atoms with Gasteiger partial charge in [-0.2, -0.15) is 0 Å². The first-order chi connectivity index (χ1) is 9.78. The average Bonchev–Trinajstić information content (AvgIpc) is 2.36. The van der Waals surface area contributed by atoms with Gasteiger partial charge in [0.1, 0.15) is 12.4 Å². The van der Waals surface area contributed by atoms with Crippen molar-refractivity contribution in [2.45, 2.75) is 12.8 Å². The van der Waals surface area contributed by atoms with E-state index in [-0.39, 0.29) is 31.0 Å². The third-order valence-electron chi connectivity index (χ3n) is 2.58. The number of carbonyl (C=O) groups is 2. The largest absolute Gasteiger partial charge is 0.493 e. The molecule has 116 valence electrons. The molecule has 0 aliphatic heterocycles. The zero-order chi connectivity index (χ0) is 15.9. The third kappa shape index (κ3) is 7.31. The average molecular weight is 315 g/mol. The molecule has 0 heterocycles. The molecular weight excluding hydrogens is 298 g/mol. The Balaban J connectivity index is 2.48. The van der Waals surface area contributed by atoms with Gasteiger partial charge in [-0.3, -0.25) is 9.59 Å². The van der Waals surface area contributed by atoms with E-state index in [1.54, 1.807) is 24.3 Å². The molecular formula is C13H17NO6S. The molecule has 0 saturated carbocycles. The number of sulfone groups is 1. The summed E-state index contributed by atoms with van der Waals surface area (Å²) in [7, 11) is -3.40. The molecule has 1 aromatic rings. The summed E-state index contributed by atoms with van der Waals surface area (Å²) in [6.45, 7) is -0.0718. The highest BCUT2D eigenvalue weighted by molar-refractivity contribution is 7.91. The molecule has 1 rings (SSSR count). The summed E-state index contributed by atoms with van der Waals surface area (Å²) < 4.78 is 28.4. The maximum Gasteiger partial charge on any atom is 0.307 e. The summed E-state index contributed by atoms with van der Waals surface area (Å²) >= 11 is 0. The van der Waals surface area contributed by atoms with E-state index in [0.29, 0.717) is 11.3 Å². The van der Waals surface area contributed by atoms with Gasteiger partial charge in [0.05, 0.1) is 17.9 Å². The Labute approximate surface area is 122 Å². The van der Waals surface area contributed by atoms with Gasteiger partial charge in [-0.25, -0.2) is 8.42 Å². The number of carbonyl (C=O) groups excluding carboxylic acids is 1. The van der Waals surface area contributed by atoms with Crippen molar-refractivity contribution in [1.29, 1.82) is 0 Å². The van der Waals surface area contributed by atoms with Crippen LogP contribution in [-0.4, -0.2) is 43.5 Å². The van der Waals surface area contributed by atoms with Crippen LogP contribution in [0.1, 0.15) is 12.0 Å². The van der Waals surface area contributed by atoms with Crippen LogP contribution in [0.4, 0.5) is 0 Å². The lowest BCUT2D eigenvalue weighted by Gasteiger charge is -2.08. The molecule has 0 saturated heterocycles. The van der Waals surface area contributed by atoms with Gasteiger partial charge in [0.15, 0.2) is 9.84 Å². The number of carboxylic acids is 1. The smallest absolute Gasteiger partial charge is 0.307 e. The van der Waals surface area contributed by atoms with Gasteiger partial charge in [-0.05, 0) is 17.7 Å². The van der Waals surface area contributed by atoms with Gasteiger partial charge in [0, 0.05) is 6.42 Å². The number of benzene rings is 1. The lowest BCUT2D eigenvalue weighted by Crippen LogP contribution is -2.21. The Kier molecular flexibility index (Phi) is 6.16. The van der Waals surface area contributed by atoms with Crippen LogP contribution < -0.4 is 10.5 Å². The molecule has 7 nitrogen and oxygen atoms in total. The Bertz CT molecular complexity index is 611. The van der Waals surface area contributed by atoms with Crippen molar-refractivity contribution in [3.05, 3.63) is 29.8 Å². The SMILES string of the molecule is NC(=O)CCS(=O)(=O)CCOc1cccc(CC(=O)O)c1. The van der Waals surface area contributed by atoms with Crippen LogP contribution in [0.15, 0.2) is 24.3 Å². The predicted molar refractivity (Wildman–Crippen MR) is 75.7 cm³/mol. The van der Waals surface area contributed by atoms with Gasteiger partial charge >= 0.3 is 5.97 Å². The maximum atomic E-state index is 11.6. The van der Waals surface area contributed by atoms with Crippen molar-refractivity contribution in [3.63, 3.8) is 0 Å². The van der Waals surface area contributed by atoms with Crippen molar-refractivity contribution in [3.8, 4) is 5.75 Å². The fraction of sp³-hybridized carbons (Fsp3) is 0.385. The standard InChI is InChI=1S/C13H17NO6S/c14-12(15)4-6-21(18,19)7-5-20-11-3-1-2-10(8-11)9-13(16)17/h1-3,8H,4-7,9H2,(H2,14,15)(H,16,17). The summed E-state index contributed by atoms with van der Waals surface area (Å²) in [5.74, 6) is -1.75. The van der Waals surface area contributed by atoms with Crippen LogP contribution in [0.5, 0.6) is 5.75 Å². The van der Waals surface area contributed by atoms with Gasteiger partial charge in [0.2, 0.25) is 5.91 Å². The van der Waals surface area contributed by atoms with Crippen molar-refractivity contribution < 1.29 is 27.9 Å². The molecule has 0 aromatic heterocycles. The zero-order valence-corrected chi connectivity index (χ0v) is 12.1. The Morgan fingerprint density at radius 1 is 1.24 bits per heavy atom. The number of ether oxygens (including phenoxy) is 1. The van der Waals surface area contributed by atoms with E-state index in [2.05, 4.69) is 0 Å². The molecule has 0 radical (unpaired) electrons. The molecule has 3 N–H and O–H groups in total. The molecule has 1 aromatic carbocycles. The summed E-state index contributed by atoms with van der Waals surface area (Å²) in [4.78, 5) is 21.1. The number of rotatable bonds is 9. The second-order valence-electron chi connectivity index (χ2n) is 4.43. The summed E-state index contributed by atoms with van der Waals surface area (Å²) in [5, 5.41) is 8.69. The molecule has 0 bridgehead atoms. The molecule has 0 aliphatic rings. The molecule has 0 fully saturated rings. The summed E-state index contributed by atoms with van der Waals surface area (Å²) in [6.07, 6.45) is -0.343. The molecule has 0 unspecified atom stereocenters. The first kappa shape index (κ1) is 17.0. The topological polar surface area (TPSA) is 124 Å². The molecule has 0 atom stereocenters. The predicted octanol–water partition coefficient (Wildman–Crippen LogP) is -0.0173.